The largest absolute Gasteiger partial charge is 0.481 e. The summed E-state index contributed by atoms with van der Waals surface area (Å²) in [7, 11) is 0. The molecule has 5 amide bonds. The average Bonchev–Trinajstić information content (AvgIpc) is 3.28. The van der Waals surface area contributed by atoms with Gasteiger partial charge in [0.15, 0.2) is 5.96 Å². The SMILES string of the molecule is NC[C@@H]1CC2CC[C@H]3C(=O)N[C@@H](CCCN=C(N)N)C(=O)NCC(=O)N[C@@H](CC(=O)O)C(=O)N[C@H]1C(=O)N23. The first-order valence-electron chi connectivity index (χ1n) is 12.5. The second-order valence-corrected chi connectivity index (χ2v) is 9.66. The van der Waals surface area contributed by atoms with Crippen LogP contribution in [0.15, 0.2) is 4.99 Å². The lowest BCUT2D eigenvalue weighted by Gasteiger charge is -2.42. The first-order valence-corrected chi connectivity index (χ1v) is 12.5. The topological polar surface area (TPSA) is 264 Å². The molecule has 0 aromatic heterocycles. The number of nitrogens with zero attached hydrogens (tertiary/aromatic N) is 2. The van der Waals surface area contributed by atoms with E-state index >= 15 is 0 Å². The lowest BCUT2D eigenvalue weighted by atomic mass is 9.86. The Labute approximate surface area is 218 Å². The number of hydrogen-bond donors (Lipinski definition) is 8. The number of amides is 5. The highest BCUT2D eigenvalue weighted by molar-refractivity contribution is 5.98. The number of rotatable bonds is 7. The number of piperidine rings is 1. The summed E-state index contributed by atoms with van der Waals surface area (Å²) in [6, 6.07) is -4.82. The zero-order valence-electron chi connectivity index (χ0n) is 20.9. The van der Waals surface area contributed by atoms with Crippen molar-refractivity contribution in [3.63, 3.8) is 0 Å². The summed E-state index contributed by atoms with van der Waals surface area (Å²) in [5, 5.41) is 19.2. The summed E-state index contributed by atoms with van der Waals surface area (Å²) in [5.74, 6) is -5.36. The molecule has 210 valence electrons. The molecular weight excluding hydrogens is 502 g/mol. The minimum absolute atomic E-state index is 0.0735. The van der Waals surface area contributed by atoms with Crippen molar-refractivity contribution < 1.29 is 33.9 Å². The summed E-state index contributed by atoms with van der Waals surface area (Å²) in [5.41, 5.74) is 16.6. The van der Waals surface area contributed by atoms with Crippen LogP contribution < -0.4 is 38.5 Å². The molecule has 3 rings (SSSR count). The number of carboxylic acids is 1. The molecule has 16 heteroatoms. The van der Waals surface area contributed by atoms with Crippen LogP contribution in [0.5, 0.6) is 0 Å². The molecule has 0 spiro atoms. The fraction of sp³-hybridized carbons (Fsp3) is 0.682. The number of fused-ring (bicyclic) bond motifs is 1. The lowest BCUT2D eigenvalue weighted by Crippen LogP contribution is -2.64. The van der Waals surface area contributed by atoms with Crippen molar-refractivity contribution in [2.75, 3.05) is 19.6 Å². The predicted octanol–water partition coefficient (Wildman–Crippen LogP) is -4.56. The maximum Gasteiger partial charge on any atom is 0.305 e. The molecule has 38 heavy (non-hydrogen) atoms. The monoisotopic (exact) mass is 537 g/mol. The van der Waals surface area contributed by atoms with Crippen molar-refractivity contribution >= 4 is 41.5 Å². The minimum atomic E-state index is -1.50. The van der Waals surface area contributed by atoms with Gasteiger partial charge in [0.25, 0.3) is 0 Å². The van der Waals surface area contributed by atoms with E-state index in [1.165, 1.54) is 4.90 Å². The molecule has 0 saturated carbocycles. The minimum Gasteiger partial charge on any atom is -0.481 e. The van der Waals surface area contributed by atoms with Crippen molar-refractivity contribution in [3.8, 4) is 0 Å². The van der Waals surface area contributed by atoms with E-state index in [-0.39, 0.29) is 31.5 Å². The van der Waals surface area contributed by atoms with Gasteiger partial charge in [0.05, 0.1) is 13.0 Å². The predicted molar refractivity (Wildman–Crippen MR) is 132 cm³/mol. The summed E-state index contributed by atoms with van der Waals surface area (Å²) < 4.78 is 0. The second-order valence-electron chi connectivity index (χ2n) is 9.66. The van der Waals surface area contributed by atoms with Crippen LogP contribution >= 0.6 is 0 Å². The molecule has 0 aliphatic carbocycles. The Bertz CT molecular complexity index is 1000. The van der Waals surface area contributed by atoms with Gasteiger partial charge in [-0.05, 0) is 38.6 Å². The Kier molecular flexibility index (Phi) is 9.44. The molecule has 0 aromatic carbocycles. The molecule has 2 bridgehead atoms. The van der Waals surface area contributed by atoms with Crippen LogP contribution in [-0.2, 0) is 28.8 Å². The number of nitrogens with two attached hydrogens (primary N) is 3. The summed E-state index contributed by atoms with van der Waals surface area (Å²) in [6.45, 7) is -0.302. The van der Waals surface area contributed by atoms with E-state index < -0.39 is 78.6 Å². The zero-order chi connectivity index (χ0) is 28.0. The van der Waals surface area contributed by atoms with Crippen molar-refractivity contribution in [3.05, 3.63) is 0 Å². The van der Waals surface area contributed by atoms with E-state index in [0.717, 1.165) is 0 Å². The second kappa shape index (κ2) is 12.5. The maximum absolute atomic E-state index is 13.6. The third-order valence-electron chi connectivity index (χ3n) is 7.00. The van der Waals surface area contributed by atoms with Gasteiger partial charge in [-0.2, -0.15) is 0 Å². The van der Waals surface area contributed by atoms with E-state index in [2.05, 4.69) is 26.3 Å². The van der Waals surface area contributed by atoms with E-state index in [9.17, 15) is 33.9 Å². The van der Waals surface area contributed by atoms with Crippen LogP contribution in [0.2, 0.25) is 0 Å². The fourth-order valence-electron chi connectivity index (χ4n) is 5.18. The van der Waals surface area contributed by atoms with Gasteiger partial charge in [-0.25, -0.2) is 0 Å². The normalized spacial score (nSPS) is 30.2. The quantitative estimate of drug-likeness (QED) is 0.0875. The Morgan fingerprint density at radius 2 is 1.74 bits per heavy atom. The molecule has 3 aliphatic rings. The first kappa shape index (κ1) is 28.6. The summed E-state index contributed by atoms with van der Waals surface area (Å²) in [4.78, 5) is 81.9. The molecule has 1 unspecified atom stereocenters. The van der Waals surface area contributed by atoms with Crippen molar-refractivity contribution in [1.82, 2.24) is 26.2 Å². The molecule has 3 aliphatic heterocycles. The smallest absolute Gasteiger partial charge is 0.305 e. The Balaban J connectivity index is 1.91. The van der Waals surface area contributed by atoms with Crippen molar-refractivity contribution in [2.45, 2.75) is 68.7 Å². The molecule has 3 saturated heterocycles. The Morgan fingerprint density at radius 1 is 1.00 bits per heavy atom. The first-order chi connectivity index (χ1) is 18.0. The van der Waals surface area contributed by atoms with E-state index in [0.29, 0.717) is 25.7 Å². The van der Waals surface area contributed by atoms with Crippen LogP contribution in [-0.4, -0.2) is 101 Å². The number of carbonyl (C=O) groups excluding carboxylic acids is 5. The van der Waals surface area contributed by atoms with Crippen LogP contribution in [0.25, 0.3) is 0 Å². The molecule has 16 nitrogen and oxygen atoms in total. The summed E-state index contributed by atoms with van der Waals surface area (Å²) in [6.07, 6.45) is 1.04. The fourth-order valence-corrected chi connectivity index (χ4v) is 5.18. The highest BCUT2D eigenvalue weighted by Gasteiger charge is 2.50. The highest BCUT2D eigenvalue weighted by Crippen LogP contribution is 2.35. The number of carbonyl (C=O) groups is 6. The van der Waals surface area contributed by atoms with Crippen LogP contribution in [0.1, 0.15) is 38.5 Å². The average molecular weight is 538 g/mol. The summed E-state index contributed by atoms with van der Waals surface area (Å²) >= 11 is 0. The number of aliphatic imine (C=N–C) groups is 1. The van der Waals surface area contributed by atoms with Gasteiger partial charge in [-0.15, -0.1) is 0 Å². The maximum atomic E-state index is 13.6. The van der Waals surface area contributed by atoms with Gasteiger partial charge in [-0.1, -0.05) is 0 Å². The van der Waals surface area contributed by atoms with E-state index in [1.807, 2.05) is 0 Å². The number of hydrogen-bond acceptors (Lipinski definition) is 8. The number of aliphatic carboxylic acids is 1. The van der Waals surface area contributed by atoms with Gasteiger partial charge in [0.1, 0.15) is 24.2 Å². The van der Waals surface area contributed by atoms with Gasteiger partial charge in [0.2, 0.25) is 29.5 Å². The highest BCUT2D eigenvalue weighted by atomic mass is 16.4. The van der Waals surface area contributed by atoms with Gasteiger partial charge in [-0.3, -0.25) is 33.8 Å². The third kappa shape index (κ3) is 6.87. The molecule has 6 atom stereocenters. The Hall–Kier alpha value is -3.95. The van der Waals surface area contributed by atoms with Gasteiger partial charge in [0, 0.05) is 18.5 Å². The molecular formula is C22H35N9O7. The number of nitrogens with one attached hydrogen (secondary N) is 4. The van der Waals surface area contributed by atoms with E-state index in [1.54, 1.807) is 0 Å². The Morgan fingerprint density at radius 3 is 2.39 bits per heavy atom. The van der Waals surface area contributed by atoms with Crippen LogP contribution in [0.4, 0.5) is 0 Å². The standard InChI is InChI=1S/C22H35N9O7/c23-8-10-6-11-3-4-14-20(37)29-12(2-1-5-26-22(24)25)18(35)27-9-15(32)28-13(7-16(33)34)19(36)30-17(10)21(38)31(11)14/h10-14,17H,1-9,23H2,(H,27,35)(H,28,32)(H,29,37)(H,30,36)(H,33,34)(H4,24,25,26)/t10-,11?,12-,13-,14-,17+/m0/s1. The van der Waals surface area contributed by atoms with Crippen LogP contribution in [0.3, 0.4) is 0 Å². The van der Waals surface area contributed by atoms with Gasteiger partial charge < -0.3 is 48.5 Å². The lowest BCUT2D eigenvalue weighted by molar-refractivity contribution is -0.149. The molecule has 0 aromatic rings. The van der Waals surface area contributed by atoms with Crippen LogP contribution in [0, 0.1) is 5.92 Å². The van der Waals surface area contributed by atoms with E-state index in [4.69, 9.17) is 17.2 Å². The molecule has 3 fully saturated rings. The molecule has 11 N–H and O–H groups in total. The number of guanidine groups is 1. The van der Waals surface area contributed by atoms with Gasteiger partial charge >= 0.3 is 5.97 Å². The third-order valence-corrected chi connectivity index (χ3v) is 7.00. The molecule has 0 radical (unpaired) electrons. The number of carboxylic acid groups (broad SMARTS) is 1. The molecule has 3 heterocycles. The zero-order valence-corrected chi connectivity index (χ0v) is 20.9. The van der Waals surface area contributed by atoms with Crippen molar-refractivity contribution in [1.29, 1.82) is 0 Å². The van der Waals surface area contributed by atoms with Crippen molar-refractivity contribution in [2.24, 2.45) is 28.1 Å².